The molecule has 0 aromatic heterocycles. The quantitative estimate of drug-likeness (QED) is 0.219. The van der Waals surface area contributed by atoms with Crippen LogP contribution in [0.15, 0.2) is 108 Å². The highest BCUT2D eigenvalue weighted by Gasteiger charge is 2.50. The Morgan fingerprint density at radius 2 is 1.34 bits per heavy atom. The number of sulfone groups is 1. The van der Waals surface area contributed by atoms with E-state index in [-0.39, 0.29) is 11.5 Å². The molecule has 182 valence electrons. The zero-order valence-electron chi connectivity index (χ0n) is 19.1. The molecule has 35 heavy (non-hydrogen) atoms. The summed E-state index contributed by atoms with van der Waals surface area (Å²) in [6, 6.07) is 26.7. The lowest BCUT2D eigenvalue weighted by Crippen LogP contribution is -2.42. The highest BCUT2D eigenvalue weighted by atomic mass is 32.2. The van der Waals surface area contributed by atoms with E-state index in [0.29, 0.717) is 13.2 Å². The SMILES string of the molecule is O=[N+]([O-])[C@@H](C1C=C[C@H](OCc2ccccc2)[C@H]1COCc1ccccc1)S(=O)(=O)c1ccccc1. The topological polar surface area (TPSA) is 95.7 Å². The fourth-order valence-electron chi connectivity index (χ4n) is 4.30. The lowest BCUT2D eigenvalue weighted by molar-refractivity contribution is -0.506. The van der Waals surface area contributed by atoms with Crippen molar-refractivity contribution in [2.45, 2.75) is 29.6 Å². The van der Waals surface area contributed by atoms with Gasteiger partial charge in [0.05, 0.1) is 36.7 Å². The minimum absolute atomic E-state index is 0.0762. The summed E-state index contributed by atoms with van der Waals surface area (Å²) in [5, 5.41) is 10.3. The summed E-state index contributed by atoms with van der Waals surface area (Å²) < 4.78 is 38.7. The number of ether oxygens (including phenoxy) is 2. The second-order valence-corrected chi connectivity index (χ2v) is 10.5. The van der Waals surface area contributed by atoms with Gasteiger partial charge in [-0.15, -0.1) is 0 Å². The van der Waals surface area contributed by atoms with Crippen LogP contribution in [0.3, 0.4) is 0 Å². The van der Waals surface area contributed by atoms with E-state index >= 15 is 0 Å². The van der Waals surface area contributed by atoms with Gasteiger partial charge in [-0.3, -0.25) is 10.1 Å². The Bertz CT molecular complexity index is 1230. The molecule has 0 amide bonds. The molecule has 3 aromatic rings. The van der Waals surface area contributed by atoms with E-state index in [2.05, 4.69) is 0 Å². The van der Waals surface area contributed by atoms with Crippen LogP contribution in [0.2, 0.25) is 0 Å². The Hall–Kier alpha value is -3.33. The van der Waals surface area contributed by atoms with E-state index in [0.717, 1.165) is 11.1 Å². The van der Waals surface area contributed by atoms with Crippen molar-refractivity contribution in [3.05, 3.63) is 124 Å². The Labute approximate surface area is 205 Å². The van der Waals surface area contributed by atoms with E-state index in [1.807, 2.05) is 60.7 Å². The summed E-state index contributed by atoms with van der Waals surface area (Å²) in [4.78, 5) is 11.4. The van der Waals surface area contributed by atoms with Gasteiger partial charge in [0.15, 0.2) is 0 Å². The number of hydrogen-bond acceptors (Lipinski definition) is 6. The smallest absolute Gasteiger partial charge is 0.321 e. The molecule has 4 rings (SSSR count). The fourth-order valence-corrected chi connectivity index (χ4v) is 6.05. The average molecular weight is 494 g/mol. The van der Waals surface area contributed by atoms with Crippen molar-refractivity contribution < 1.29 is 22.8 Å². The molecule has 0 aliphatic heterocycles. The van der Waals surface area contributed by atoms with Crippen LogP contribution in [-0.2, 0) is 32.5 Å². The number of nitro groups is 1. The molecule has 0 radical (unpaired) electrons. The zero-order chi connectivity index (χ0) is 24.7. The summed E-state index contributed by atoms with van der Waals surface area (Å²) in [6.45, 7) is 0.719. The largest absolute Gasteiger partial charge is 0.376 e. The van der Waals surface area contributed by atoms with Crippen molar-refractivity contribution >= 4 is 9.84 Å². The molecule has 1 aliphatic carbocycles. The maximum absolute atomic E-state index is 13.3. The van der Waals surface area contributed by atoms with E-state index in [1.54, 1.807) is 30.4 Å². The van der Waals surface area contributed by atoms with Crippen LogP contribution in [0, 0.1) is 22.0 Å². The van der Waals surface area contributed by atoms with E-state index in [1.165, 1.54) is 12.1 Å². The van der Waals surface area contributed by atoms with Gasteiger partial charge in [-0.05, 0) is 23.3 Å². The molecule has 8 heteroatoms. The molecule has 1 unspecified atom stereocenters. The number of benzene rings is 3. The maximum atomic E-state index is 13.3. The minimum Gasteiger partial charge on any atom is -0.376 e. The summed E-state index contributed by atoms with van der Waals surface area (Å²) in [6.07, 6.45) is 2.80. The Morgan fingerprint density at radius 1 is 0.800 bits per heavy atom. The molecule has 0 bridgehead atoms. The lowest BCUT2D eigenvalue weighted by atomic mass is 9.94. The van der Waals surface area contributed by atoms with Crippen LogP contribution in [0.5, 0.6) is 0 Å². The van der Waals surface area contributed by atoms with Crippen LogP contribution in [0.25, 0.3) is 0 Å². The summed E-state index contributed by atoms with van der Waals surface area (Å²) in [5.41, 5.74) is 1.91. The highest BCUT2D eigenvalue weighted by Crippen LogP contribution is 2.36. The van der Waals surface area contributed by atoms with Gasteiger partial charge in [-0.2, -0.15) is 0 Å². The minimum atomic E-state index is -4.25. The predicted molar refractivity (Wildman–Crippen MR) is 132 cm³/mol. The summed E-state index contributed by atoms with van der Waals surface area (Å²) >= 11 is 0. The maximum Gasteiger partial charge on any atom is 0.321 e. The molecular formula is C27H27NO6S. The van der Waals surface area contributed by atoms with Gasteiger partial charge in [0.1, 0.15) is 0 Å². The lowest BCUT2D eigenvalue weighted by Gasteiger charge is -2.27. The first-order chi connectivity index (χ1) is 17.0. The fraction of sp³-hybridized carbons (Fsp3) is 0.259. The van der Waals surface area contributed by atoms with Crippen LogP contribution < -0.4 is 0 Å². The molecule has 7 nitrogen and oxygen atoms in total. The first kappa shape index (κ1) is 24.8. The predicted octanol–water partition coefficient (Wildman–Crippen LogP) is 4.67. The van der Waals surface area contributed by atoms with Crippen molar-refractivity contribution in [2.75, 3.05) is 6.61 Å². The molecule has 0 saturated heterocycles. The second-order valence-electron chi connectivity index (χ2n) is 8.42. The third-order valence-corrected chi connectivity index (χ3v) is 8.12. The van der Waals surface area contributed by atoms with Crippen molar-refractivity contribution in [1.29, 1.82) is 0 Å². The van der Waals surface area contributed by atoms with Crippen LogP contribution in [-0.4, -0.2) is 31.4 Å². The Morgan fingerprint density at radius 3 is 1.91 bits per heavy atom. The van der Waals surface area contributed by atoms with Crippen LogP contribution in [0.4, 0.5) is 0 Å². The molecule has 0 fully saturated rings. The zero-order valence-corrected chi connectivity index (χ0v) is 19.9. The van der Waals surface area contributed by atoms with Crippen molar-refractivity contribution in [3.63, 3.8) is 0 Å². The van der Waals surface area contributed by atoms with E-state index < -0.39 is 38.1 Å². The van der Waals surface area contributed by atoms with Gasteiger partial charge in [-0.1, -0.05) is 91.0 Å². The molecule has 0 spiro atoms. The molecular weight excluding hydrogens is 466 g/mol. The van der Waals surface area contributed by atoms with Gasteiger partial charge in [0, 0.05) is 10.8 Å². The van der Waals surface area contributed by atoms with Gasteiger partial charge in [0.2, 0.25) is 9.84 Å². The third kappa shape index (κ3) is 6.03. The third-order valence-electron chi connectivity index (χ3n) is 6.07. The molecule has 4 atom stereocenters. The van der Waals surface area contributed by atoms with Crippen molar-refractivity contribution in [1.82, 2.24) is 0 Å². The summed E-state index contributed by atoms with van der Waals surface area (Å²) in [5.74, 6) is -1.46. The van der Waals surface area contributed by atoms with Gasteiger partial charge < -0.3 is 9.47 Å². The van der Waals surface area contributed by atoms with Gasteiger partial charge >= 0.3 is 5.37 Å². The van der Waals surface area contributed by atoms with Crippen molar-refractivity contribution in [2.24, 2.45) is 11.8 Å². The van der Waals surface area contributed by atoms with Gasteiger partial charge in [0.25, 0.3) is 0 Å². The standard InChI is InChI=1S/C27H27NO6S/c29-28(30)27(35(31,32)23-14-8-3-9-15-23)24-16-17-26(34-19-22-12-6-2-7-13-22)25(24)20-33-18-21-10-4-1-5-11-21/h1-17,24-27H,18-20H2/t24?,25-,26-,27+/m0/s1. The first-order valence-electron chi connectivity index (χ1n) is 11.3. The van der Waals surface area contributed by atoms with Crippen molar-refractivity contribution in [3.8, 4) is 0 Å². The average Bonchev–Trinajstić information content (AvgIpc) is 3.26. The monoisotopic (exact) mass is 493 g/mol. The second kappa shape index (κ2) is 11.4. The molecule has 3 aromatic carbocycles. The molecule has 0 N–H and O–H groups in total. The van der Waals surface area contributed by atoms with Gasteiger partial charge in [-0.25, -0.2) is 8.42 Å². The Kier molecular flexibility index (Phi) is 8.07. The number of hydrogen-bond donors (Lipinski definition) is 0. The first-order valence-corrected chi connectivity index (χ1v) is 12.9. The van der Waals surface area contributed by atoms with E-state index in [4.69, 9.17) is 9.47 Å². The number of rotatable bonds is 11. The molecule has 1 aliphatic rings. The van der Waals surface area contributed by atoms with Crippen LogP contribution >= 0.6 is 0 Å². The van der Waals surface area contributed by atoms with Crippen LogP contribution in [0.1, 0.15) is 11.1 Å². The highest BCUT2D eigenvalue weighted by molar-refractivity contribution is 7.91. The molecule has 0 saturated carbocycles. The van der Waals surface area contributed by atoms with E-state index in [9.17, 15) is 18.5 Å². The number of nitrogens with zero attached hydrogens (tertiary/aromatic N) is 1. The normalized spacial score (nSPS) is 20.5. The molecule has 0 heterocycles. The Balaban J connectivity index is 1.57. The summed E-state index contributed by atoms with van der Waals surface area (Å²) in [7, 11) is -4.25.